The number of aromatic hydroxyl groups is 1. The van der Waals surface area contributed by atoms with Crippen LogP contribution in [0.4, 0.5) is 0 Å². The standard InChI is InChI=1S/C16H26N2O2/c1-12(2)10-15(18-8-6-17-7-9-18)14-11-13(20-3)4-5-16(14)19/h4-5,11-12,15,17,19H,6-10H2,1-3H3/t15-/m0/s1. The molecular formula is C16H26N2O2. The highest BCUT2D eigenvalue weighted by atomic mass is 16.5. The van der Waals surface area contributed by atoms with Gasteiger partial charge in [-0.25, -0.2) is 0 Å². The number of phenolic OH excluding ortho intramolecular Hbond substituents is 1. The van der Waals surface area contributed by atoms with Crippen molar-refractivity contribution in [3.8, 4) is 11.5 Å². The van der Waals surface area contributed by atoms with Crippen LogP contribution >= 0.6 is 0 Å². The quantitative estimate of drug-likeness (QED) is 0.868. The molecule has 0 saturated carbocycles. The molecule has 112 valence electrons. The van der Waals surface area contributed by atoms with E-state index in [2.05, 4.69) is 24.1 Å². The van der Waals surface area contributed by atoms with Crippen LogP contribution in [0.3, 0.4) is 0 Å². The van der Waals surface area contributed by atoms with E-state index >= 15 is 0 Å². The van der Waals surface area contributed by atoms with Crippen LogP contribution in [0.2, 0.25) is 0 Å². The predicted molar refractivity (Wildman–Crippen MR) is 81.3 cm³/mol. The first-order valence-electron chi connectivity index (χ1n) is 7.43. The fraction of sp³-hybridized carbons (Fsp3) is 0.625. The summed E-state index contributed by atoms with van der Waals surface area (Å²) in [6.07, 6.45) is 1.04. The van der Waals surface area contributed by atoms with Gasteiger partial charge in [0.1, 0.15) is 11.5 Å². The molecule has 4 nitrogen and oxygen atoms in total. The number of nitrogens with one attached hydrogen (secondary N) is 1. The smallest absolute Gasteiger partial charge is 0.120 e. The molecule has 1 fully saturated rings. The third-order valence-corrected chi connectivity index (χ3v) is 3.88. The zero-order chi connectivity index (χ0) is 14.5. The number of ether oxygens (including phenoxy) is 1. The largest absolute Gasteiger partial charge is 0.508 e. The first kappa shape index (κ1) is 15.1. The van der Waals surface area contributed by atoms with E-state index in [0.717, 1.165) is 43.9 Å². The molecule has 1 saturated heterocycles. The van der Waals surface area contributed by atoms with E-state index < -0.39 is 0 Å². The number of hydrogen-bond acceptors (Lipinski definition) is 4. The zero-order valence-corrected chi connectivity index (χ0v) is 12.7. The Balaban J connectivity index is 2.29. The summed E-state index contributed by atoms with van der Waals surface area (Å²) in [4.78, 5) is 2.46. The van der Waals surface area contributed by atoms with Gasteiger partial charge in [0.2, 0.25) is 0 Å². The first-order valence-corrected chi connectivity index (χ1v) is 7.43. The Bertz CT molecular complexity index is 428. The summed E-state index contributed by atoms with van der Waals surface area (Å²) in [5.74, 6) is 1.76. The van der Waals surface area contributed by atoms with Crippen molar-refractivity contribution in [2.75, 3.05) is 33.3 Å². The monoisotopic (exact) mass is 278 g/mol. The number of nitrogens with zero attached hydrogens (tertiary/aromatic N) is 1. The summed E-state index contributed by atoms with van der Waals surface area (Å²) in [5, 5.41) is 13.6. The average molecular weight is 278 g/mol. The van der Waals surface area contributed by atoms with Crippen LogP contribution in [0.1, 0.15) is 31.9 Å². The lowest BCUT2D eigenvalue weighted by atomic mass is 9.94. The van der Waals surface area contributed by atoms with Gasteiger partial charge < -0.3 is 15.2 Å². The first-order chi connectivity index (χ1) is 9.61. The van der Waals surface area contributed by atoms with Gasteiger partial charge in [0.25, 0.3) is 0 Å². The van der Waals surface area contributed by atoms with Gasteiger partial charge in [-0.1, -0.05) is 13.8 Å². The Hall–Kier alpha value is -1.26. The maximum Gasteiger partial charge on any atom is 0.120 e. The van der Waals surface area contributed by atoms with Crippen LogP contribution in [-0.4, -0.2) is 43.3 Å². The molecule has 0 bridgehead atoms. The Morgan fingerprint density at radius 3 is 2.60 bits per heavy atom. The average Bonchev–Trinajstić information content (AvgIpc) is 2.46. The minimum absolute atomic E-state index is 0.257. The molecule has 20 heavy (non-hydrogen) atoms. The molecule has 0 unspecified atom stereocenters. The maximum absolute atomic E-state index is 10.2. The molecule has 1 heterocycles. The normalized spacial score (nSPS) is 18.2. The Labute approximate surface area is 121 Å². The molecule has 1 aliphatic heterocycles. The maximum atomic E-state index is 10.2. The SMILES string of the molecule is COc1ccc(O)c([C@H](CC(C)C)N2CCNCC2)c1. The van der Waals surface area contributed by atoms with Gasteiger partial charge >= 0.3 is 0 Å². The number of rotatable bonds is 5. The van der Waals surface area contributed by atoms with Crippen molar-refractivity contribution in [1.29, 1.82) is 0 Å². The van der Waals surface area contributed by atoms with E-state index in [0.29, 0.717) is 11.7 Å². The Kier molecular flexibility index (Phi) is 5.26. The van der Waals surface area contributed by atoms with Gasteiger partial charge in [0.05, 0.1) is 7.11 Å². The number of phenols is 1. The molecule has 4 heteroatoms. The van der Waals surface area contributed by atoms with Crippen LogP contribution in [0.15, 0.2) is 18.2 Å². The van der Waals surface area contributed by atoms with Crippen LogP contribution < -0.4 is 10.1 Å². The van der Waals surface area contributed by atoms with Gasteiger partial charge in [-0.2, -0.15) is 0 Å². The summed E-state index contributed by atoms with van der Waals surface area (Å²) in [6, 6.07) is 5.78. The van der Waals surface area contributed by atoms with Gasteiger partial charge in [0, 0.05) is 37.8 Å². The fourth-order valence-corrected chi connectivity index (χ4v) is 2.84. The minimum atomic E-state index is 0.257. The van der Waals surface area contributed by atoms with Crippen LogP contribution in [-0.2, 0) is 0 Å². The second-order valence-corrected chi connectivity index (χ2v) is 5.86. The second-order valence-electron chi connectivity index (χ2n) is 5.86. The number of piperazine rings is 1. The highest BCUT2D eigenvalue weighted by molar-refractivity contribution is 5.41. The Morgan fingerprint density at radius 2 is 2.00 bits per heavy atom. The van der Waals surface area contributed by atoms with E-state index in [4.69, 9.17) is 4.74 Å². The summed E-state index contributed by atoms with van der Waals surface area (Å²) < 4.78 is 5.31. The van der Waals surface area contributed by atoms with Crippen molar-refractivity contribution in [3.63, 3.8) is 0 Å². The molecule has 2 N–H and O–H groups in total. The van der Waals surface area contributed by atoms with E-state index in [1.165, 1.54) is 0 Å². The molecular weight excluding hydrogens is 252 g/mol. The topological polar surface area (TPSA) is 44.7 Å². The van der Waals surface area contributed by atoms with Crippen molar-refractivity contribution in [2.24, 2.45) is 5.92 Å². The molecule has 0 aromatic heterocycles. The van der Waals surface area contributed by atoms with Crippen molar-refractivity contribution >= 4 is 0 Å². The summed E-state index contributed by atoms with van der Waals surface area (Å²) in [6.45, 7) is 8.53. The van der Waals surface area contributed by atoms with Gasteiger partial charge in [-0.15, -0.1) is 0 Å². The van der Waals surface area contributed by atoms with Crippen molar-refractivity contribution in [1.82, 2.24) is 10.2 Å². The lowest BCUT2D eigenvalue weighted by molar-refractivity contribution is 0.151. The number of methoxy groups -OCH3 is 1. The highest BCUT2D eigenvalue weighted by Gasteiger charge is 2.25. The molecule has 0 amide bonds. The lowest BCUT2D eigenvalue weighted by Crippen LogP contribution is -2.45. The number of hydrogen-bond donors (Lipinski definition) is 2. The van der Waals surface area contributed by atoms with E-state index in [1.807, 2.05) is 12.1 Å². The summed E-state index contributed by atoms with van der Waals surface area (Å²) in [5.41, 5.74) is 0.986. The molecule has 2 rings (SSSR count). The van der Waals surface area contributed by atoms with Crippen LogP contribution in [0, 0.1) is 5.92 Å². The van der Waals surface area contributed by atoms with Crippen LogP contribution in [0.5, 0.6) is 11.5 Å². The van der Waals surface area contributed by atoms with Gasteiger partial charge in [0.15, 0.2) is 0 Å². The zero-order valence-electron chi connectivity index (χ0n) is 12.7. The molecule has 1 aromatic rings. The van der Waals surface area contributed by atoms with Crippen molar-refractivity contribution in [3.05, 3.63) is 23.8 Å². The summed E-state index contributed by atoms with van der Waals surface area (Å²) >= 11 is 0. The fourth-order valence-electron chi connectivity index (χ4n) is 2.84. The van der Waals surface area contributed by atoms with Crippen molar-refractivity contribution in [2.45, 2.75) is 26.3 Å². The van der Waals surface area contributed by atoms with Crippen molar-refractivity contribution < 1.29 is 9.84 Å². The molecule has 1 aliphatic rings. The third-order valence-electron chi connectivity index (χ3n) is 3.88. The Morgan fingerprint density at radius 1 is 1.30 bits per heavy atom. The highest BCUT2D eigenvalue weighted by Crippen LogP contribution is 2.35. The third kappa shape index (κ3) is 3.64. The molecule has 1 aromatic carbocycles. The molecule has 0 radical (unpaired) electrons. The second kappa shape index (κ2) is 6.95. The predicted octanol–water partition coefficient (Wildman–Crippen LogP) is 2.39. The molecule has 0 spiro atoms. The lowest BCUT2D eigenvalue weighted by Gasteiger charge is -2.36. The minimum Gasteiger partial charge on any atom is -0.508 e. The molecule has 1 atom stereocenters. The van der Waals surface area contributed by atoms with Crippen LogP contribution in [0.25, 0.3) is 0 Å². The van der Waals surface area contributed by atoms with E-state index in [1.54, 1.807) is 13.2 Å². The van der Waals surface area contributed by atoms with Gasteiger partial charge in [-0.3, -0.25) is 4.90 Å². The molecule has 0 aliphatic carbocycles. The summed E-state index contributed by atoms with van der Waals surface area (Å²) in [7, 11) is 1.67. The van der Waals surface area contributed by atoms with E-state index in [-0.39, 0.29) is 6.04 Å². The van der Waals surface area contributed by atoms with Gasteiger partial charge in [-0.05, 0) is 30.5 Å². The number of benzene rings is 1. The van der Waals surface area contributed by atoms with E-state index in [9.17, 15) is 5.11 Å².